The van der Waals surface area contributed by atoms with Gasteiger partial charge in [-0.15, -0.1) is 0 Å². The first-order valence-electron chi connectivity index (χ1n) is 10.5. The van der Waals surface area contributed by atoms with E-state index in [0.717, 1.165) is 64.2 Å². The molecule has 1 aliphatic rings. The normalized spacial score (nSPS) is 26.5. The van der Waals surface area contributed by atoms with Gasteiger partial charge in [0, 0.05) is 25.7 Å². The van der Waals surface area contributed by atoms with Gasteiger partial charge in [0.2, 0.25) is 0 Å². The number of aliphatic hydroxyl groups is 3. The number of rotatable bonds is 15. The topological polar surface area (TPSA) is 69.9 Å². The third-order valence-corrected chi connectivity index (χ3v) is 5.30. The smallest absolute Gasteiger partial charge is 0.0770 e. The first-order chi connectivity index (χ1) is 12.7. The van der Waals surface area contributed by atoms with Gasteiger partial charge in [0.25, 0.3) is 0 Å². The third kappa shape index (κ3) is 8.81. The van der Waals surface area contributed by atoms with E-state index in [1.54, 1.807) is 0 Å². The summed E-state index contributed by atoms with van der Waals surface area (Å²) >= 11 is 0. The van der Waals surface area contributed by atoms with Gasteiger partial charge in [0.05, 0.1) is 11.7 Å². The molecule has 0 spiro atoms. The molecule has 1 rings (SSSR count). The molecule has 4 nitrogen and oxygen atoms in total. The second kappa shape index (κ2) is 14.4. The number of allylic oxidation sites excluding steroid dienone is 2. The van der Waals surface area contributed by atoms with Crippen LogP contribution in [-0.4, -0.2) is 46.8 Å². The second-order valence-electron chi connectivity index (χ2n) is 7.41. The molecule has 1 unspecified atom stereocenters. The molecular weight excluding hydrogens is 328 g/mol. The Hall–Kier alpha value is -0.680. The summed E-state index contributed by atoms with van der Waals surface area (Å²) in [7, 11) is 0. The molecule has 0 heterocycles. The molecule has 4 heteroatoms. The number of hydrogen-bond donors (Lipinski definition) is 3. The van der Waals surface area contributed by atoms with Crippen LogP contribution in [0, 0.1) is 5.92 Å². The van der Waals surface area contributed by atoms with Crippen LogP contribution in [0.5, 0.6) is 0 Å². The highest BCUT2D eigenvalue weighted by Gasteiger charge is 2.45. The van der Waals surface area contributed by atoms with E-state index in [4.69, 9.17) is 14.9 Å². The Morgan fingerprint density at radius 2 is 1.58 bits per heavy atom. The molecule has 0 amide bonds. The van der Waals surface area contributed by atoms with Gasteiger partial charge in [0.1, 0.15) is 0 Å². The van der Waals surface area contributed by atoms with Crippen LogP contribution in [0.4, 0.5) is 0 Å². The maximum atomic E-state index is 11.2. The predicted octanol–water partition coefficient (Wildman–Crippen LogP) is 4.14. The Labute approximate surface area is 160 Å². The molecule has 0 radical (unpaired) electrons. The van der Waals surface area contributed by atoms with Crippen molar-refractivity contribution in [1.29, 1.82) is 0 Å². The molecule has 1 fully saturated rings. The minimum absolute atomic E-state index is 0.0574. The van der Waals surface area contributed by atoms with Gasteiger partial charge < -0.3 is 20.1 Å². The Bertz CT molecular complexity index is 394. The summed E-state index contributed by atoms with van der Waals surface area (Å²) in [5.74, 6) is 0.0574. The molecule has 3 N–H and O–H groups in total. The summed E-state index contributed by atoms with van der Waals surface area (Å²) in [6.45, 7) is 3.23. The van der Waals surface area contributed by atoms with Gasteiger partial charge in [-0.2, -0.15) is 0 Å². The monoisotopic (exact) mass is 368 g/mol. The molecule has 0 bridgehead atoms. The molecule has 1 aliphatic carbocycles. The van der Waals surface area contributed by atoms with E-state index in [-0.39, 0.29) is 25.2 Å². The highest BCUT2D eigenvalue weighted by molar-refractivity contribution is 5.10. The number of ether oxygens (including phenoxy) is 1. The van der Waals surface area contributed by atoms with E-state index in [0.29, 0.717) is 13.0 Å². The molecule has 0 aromatic heterocycles. The number of aliphatic hydroxyl groups excluding tert-OH is 2. The zero-order valence-electron chi connectivity index (χ0n) is 16.6. The molecule has 0 aromatic carbocycles. The molecule has 0 aromatic rings. The van der Waals surface area contributed by atoms with E-state index in [1.807, 2.05) is 6.92 Å². The fraction of sp³-hybridized carbons (Fsp3) is 0.818. The van der Waals surface area contributed by atoms with Crippen LogP contribution >= 0.6 is 0 Å². The zero-order chi connectivity index (χ0) is 19.1. The molecular formula is C22H40O4. The third-order valence-electron chi connectivity index (χ3n) is 5.30. The maximum Gasteiger partial charge on any atom is 0.0770 e. The van der Waals surface area contributed by atoms with Crippen molar-refractivity contribution in [3.05, 3.63) is 24.3 Å². The first kappa shape index (κ1) is 23.4. The van der Waals surface area contributed by atoms with Crippen molar-refractivity contribution in [2.24, 2.45) is 5.92 Å². The van der Waals surface area contributed by atoms with E-state index in [9.17, 15) is 5.11 Å². The van der Waals surface area contributed by atoms with E-state index < -0.39 is 5.60 Å². The SMILES string of the molecule is CCO[C@H]1CCC(O)(CC=CCCCCO)[C@@H]1C=CCCCCCCO. The summed E-state index contributed by atoms with van der Waals surface area (Å²) in [6, 6.07) is 0. The summed E-state index contributed by atoms with van der Waals surface area (Å²) in [5, 5.41) is 28.8. The largest absolute Gasteiger partial charge is 0.396 e. The fourth-order valence-corrected chi connectivity index (χ4v) is 3.78. The lowest BCUT2D eigenvalue weighted by molar-refractivity contribution is -0.0248. The van der Waals surface area contributed by atoms with Crippen molar-refractivity contribution < 1.29 is 20.1 Å². The fourth-order valence-electron chi connectivity index (χ4n) is 3.78. The van der Waals surface area contributed by atoms with E-state index in [1.165, 1.54) is 0 Å². The van der Waals surface area contributed by atoms with Crippen LogP contribution in [0.2, 0.25) is 0 Å². The van der Waals surface area contributed by atoms with Gasteiger partial charge in [-0.25, -0.2) is 0 Å². The quantitative estimate of drug-likeness (QED) is 0.300. The van der Waals surface area contributed by atoms with Crippen LogP contribution in [0.25, 0.3) is 0 Å². The van der Waals surface area contributed by atoms with Gasteiger partial charge in [-0.3, -0.25) is 0 Å². The van der Waals surface area contributed by atoms with Gasteiger partial charge in [-0.1, -0.05) is 37.1 Å². The summed E-state index contributed by atoms with van der Waals surface area (Å²) < 4.78 is 5.89. The molecule has 0 saturated heterocycles. The Morgan fingerprint density at radius 1 is 0.923 bits per heavy atom. The van der Waals surface area contributed by atoms with Crippen molar-refractivity contribution in [2.75, 3.05) is 19.8 Å². The van der Waals surface area contributed by atoms with Crippen LogP contribution in [-0.2, 0) is 4.74 Å². The van der Waals surface area contributed by atoms with Crippen LogP contribution in [0.15, 0.2) is 24.3 Å². The average Bonchev–Trinajstić information content (AvgIpc) is 2.94. The number of unbranched alkanes of at least 4 members (excludes halogenated alkanes) is 6. The van der Waals surface area contributed by atoms with Gasteiger partial charge in [0.15, 0.2) is 0 Å². The molecule has 1 saturated carbocycles. The summed E-state index contributed by atoms with van der Waals surface area (Å²) in [6.07, 6.45) is 19.1. The average molecular weight is 369 g/mol. The van der Waals surface area contributed by atoms with Crippen LogP contribution < -0.4 is 0 Å². The summed E-state index contributed by atoms with van der Waals surface area (Å²) in [5.41, 5.74) is -0.708. The van der Waals surface area contributed by atoms with Crippen molar-refractivity contribution in [2.45, 2.75) is 89.3 Å². The lowest BCUT2D eigenvalue weighted by Crippen LogP contribution is -2.36. The molecule has 0 aliphatic heterocycles. The molecule has 26 heavy (non-hydrogen) atoms. The highest BCUT2D eigenvalue weighted by Crippen LogP contribution is 2.41. The van der Waals surface area contributed by atoms with Crippen molar-refractivity contribution in [1.82, 2.24) is 0 Å². The lowest BCUT2D eigenvalue weighted by atomic mass is 9.86. The Morgan fingerprint density at radius 3 is 2.31 bits per heavy atom. The Kier molecular flexibility index (Phi) is 12.9. The molecule has 152 valence electrons. The van der Waals surface area contributed by atoms with Crippen LogP contribution in [0.3, 0.4) is 0 Å². The van der Waals surface area contributed by atoms with Crippen molar-refractivity contribution in [3.63, 3.8) is 0 Å². The number of hydrogen-bond acceptors (Lipinski definition) is 4. The van der Waals surface area contributed by atoms with Crippen LogP contribution in [0.1, 0.15) is 77.6 Å². The van der Waals surface area contributed by atoms with E-state index in [2.05, 4.69) is 24.3 Å². The summed E-state index contributed by atoms with van der Waals surface area (Å²) in [4.78, 5) is 0. The highest BCUT2D eigenvalue weighted by atomic mass is 16.5. The predicted molar refractivity (Wildman–Crippen MR) is 107 cm³/mol. The van der Waals surface area contributed by atoms with Crippen molar-refractivity contribution >= 4 is 0 Å². The first-order valence-corrected chi connectivity index (χ1v) is 10.5. The van der Waals surface area contributed by atoms with E-state index >= 15 is 0 Å². The minimum Gasteiger partial charge on any atom is -0.396 e. The zero-order valence-corrected chi connectivity index (χ0v) is 16.6. The lowest BCUT2D eigenvalue weighted by Gasteiger charge is -2.29. The molecule has 3 atom stereocenters. The second-order valence-corrected chi connectivity index (χ2v) is 7.41. The van der Waals surface area contributed by atoms with Gasteiger partial charge >= 0.3 is 0 Å². The maximum absolute atomic E-state index is 11.2. The van der Waals surface area contributed by atoms with Gasteiger partial charge in [-0.05, 0) is 64.7 Å². The van der Waals surface area contributed by atoms with Crippen molar-refractivity contribution in [3.8, 4) is 0 Å². The Balaban J connectivity index is 2.50. The minimum atomic E-state index is -0.708. The standard InChI is InChI=1S/C22H40O4/c1-2-26-21-15-17-22(25,16-11-7-5-9-13-19-24)20(21)14-10-6-3-4-8-12-18-23/h7,10-11,14,20-21,23-25H,2-6,8-9,12-13,15-19H2,1H3/t20-,21+,22?/m1/s1.